The summed E-state index contributed by atoms with van der Waals surface area (Å²) in [6.07, 6.45) is 1.94. The Bertz CT molecular complexity index is 586. The number of rotatable bonds is 4. The Morgan fingerprint density at radius 3 is 2.89 bits per heavy atom. The fourth-order valence-electron chi connectivity index (χ4n) is 1.41. The second-order valence-electron chi connectivity index (χ2n) is 3.61. The normalized spacial score (nSPS) is 10.3. The molecule has 2 heterocycles. The van der Waals surface area contributed by atoms with E-state index in [9.17, 15) is 14.9 Å². The second-order valence-corrected chi connectivity index (χ2v) is 3.61. The van der Waals surface area contributed by atoms with Gasteiger partial charge in [0.05, 0.1) is 11.1 Å². The number of amides is 1. The van der Waals surface area contributed by atoms with E-state index in [4.69, 9.17) is 0 Å². The molecule has 0 spiro atoms. The largest absolute Gasteiger partial charge is 0.351 e. The lowest BCUT2D eigenvalue weighted by Gasteiger charge is -1.97. The van der Waals surface area contributed by atoms with Crippen molar-refractivity contribution in [3.05, 3.63) is 39.8 Å². The molecule has 0 aliphatic carbocycles. The van der Waals surface area contributed by atoms with E-state index in [2.05, 4.69) is 20.5 Å². The Morgan fingerprint density at radius 2 is 2.33 bits per heavy atom. The monoisotopic (exact) mass is 249 g/mol. The average molecular weight is 249 g/mol. The maximum absolute atomic E-state index is 11.7. The summed E-state index contributed by atoms with van der Waals surface area (Å²) in [5.74, 6) is -0.0913. The van der Waals surface area contributed by atoms with Gasteiger partial charge in [0.2, 0.25) is 0 Å². The molecule has 2 aromatic rings. The molecule has 0 fully saturated rings. The molecule has 1 amide bonds. The van der Waals surface area contributed by atoms with Crippen LogP contribution in [0.5, 0.6) is 0 Å². The molecule has 18 heavy (non-hydrogen) atoms. The van der Waals surface area contributed by atoms with Crippen molar-refractivity contribution < 1.29 is 9.72 Å². The molecule has 0 aromatic carbocycles. The van der Waals surface area contributed by atoms with Crippen molar-refractivity contribution >= 4 is 17.4 Å². The highest BCUT2D eigenvalue weighted by atomic mass is 16.6. The third-order valence-corrected chi connectivity index (χ3v) is 2.38. The van der Waals surface area contributed by atoms with Crippen LogP contribution < -0.4 is 5.32 Å². The summed E-state index contributed by atoms with van der Waals surface area (Å²) in [4.78, 5) is 24.2. The molecular formula is C10H11N5O3. The molecule has 0 bridgehead atoms. The molecule has 0 atom stereocenters. The molecule has 8 nitrogen and oxygen atoms in total. The first-order valence-electron chi connectivity index (χ1n) is 5.28. The van der Waals surface area contributed by atoms with E-state index in [1.54, 1.807) is 6.07 Å². The van der Waals surface area contributed by atoms with Crippen molar-refractivity contribution in [2.75, 3.05) is 5.32 Å². The molecule has 2 aromatic heterocycles. The predicted octanol–water partition coefficient (Wildman–Crippen LogP) is 1.46. The lowest BCUT2D eigenvalue weighted by Crippen LogP contribution is -2.12. The fourth-order valence-corrected chi connectivity index (χ4v) is 1.41. The Morgan fingerprint density at radius 1 is 1.56 bits per heavy atom. The third-order valence-electron chi connectivity index (χ3n) is 2.38. The van der Waals surface area contributed by atoms with Crippen LogP contribution in [0.3, 0.4) is 0 Å². The van der Waals surface area contributed by atoms with Crippen molar-refractivity contribution in [3.63, 3.8) is 0 Å². The maximum atomic E-state index is 11.7. The van der Waals surface area contributed by atoms with Crippen molar-refractivity contribution in [2.24, 2.45) is 0 Å². The summed E-state index contributed by atoms with van der Waals surface area (Å²) in [6.45, 7) is 1.95. The topological polar surface area (TPSA) is 117 Å². The summed E-state index contributed by atoms with van der Waals surface area (Å²) < 4.78 is 0. The molecule has 0 unspecified atom stereocenters. The highest BCUT2D eigenvalue weighted by molar-refractivity contribution is 6.02. The molecule has 8 heteroatoms. The van der Waals surface area contributed by atoms with Gasteiger partial charge in [-0.05, 0) is 6.42 Å². The van der Waals surface area contributed by atoms with Crippen LogP contribution in [0, 0.1) is 10.1 Å². The van der Waals surface area contributed by atoms with Gasteiger partial charge in [0.25, 0.3) is 11.6 Å². The van der Waals surface area contributed by atoms with Crippen LogP contribution >= 0.6 is 0 Å². The number of carbonyl (C=O) groups is 1. The van der Waals surface area contributed by atoms with E-state index in [1.165, 1.54) is 6.07 Å². The minimum absolute atomic E-state index is 0.114. The molecule has 0 radical (unpaired) electrons. The quantitative estimate of drug-likeness (QED) is 0.561. The van der Waals surface area contributed by atoms with Crippen LogP contribution in [0.1, 0.15) is 23.1 Å². The Labute approximate surface area is 102 Å². The summed E-state index contributed by atoms with van der Waals surface area (Å²) in [7, 11) is 0. The zero-order valence-corrected chi connectivity index (χ0v) is 9.56. The van der Waals surface area contributed by atoms with Crippen molar-refractivity contribution in [1.29, 1.82) is 0 Å². The highest BCUT2D eigenvalue weighted by Gasteiger charge is 2.15. The first-order chi connectivity index (χ1) is 8.60. The number of nitrogens with zero attached hydrogens (tertiary/aromatic N) is 2. The Hall–Kier alpha value is -2.64. The van der Waals surface area contributed by atoms with Gasteiger partial charge in [0.1, 0.15) is 5.69 Å². The van der Waals surface area contributed by atoms with Crippen LogP contribution in [0.15, 0.2) is 18.3 Å². The van der Waals surface area contributed by atoms with Crippen molar-refractivity contribution in [2.45, 2.75) is 13.3 Å². The number of anilines is 1. The van der Waals surface area contributed by atoms with E-state index >= 15 is 0 Å². The minimum atomic E-state index is -0.572. The van der Waals surface area contributed by atoms with E-state index in [0.29, 0.717) is 5.82 Å². The third kappa shape index (κ3) is 2.37. The number of nitro groups is 1. The SMILES string of the molecule is CCc1cc(NC(=O)c2cc([N+](=O)[O-])c[nH]2)n[nH]1. The molecular weight excluding hydrogens is 238 g/mol. The number of aromatic nitrogens is 3. The lowest BCUT2D eigenvalue weighted by atomic mass is 10.3. The lowest BCUT2D eigenvalue weighted by molar-refractivity contribution is -0.384. The van der Waals surface area contributed by atoms with Gasteiger partial charge >= 0.3 is 0 Å². The summed E-state index contributed by atoms with van der Waals surface area (Å²) in [5.41, 5.74) is 0.849. The van der Waals surface area contributed by atoms with Gasteiger partial charge in [-0.25, -0.2) is 0 Å². The van der Waals surface area contributed by atoms with Gasteiger partial charge in [-0.15, -0.1) is 0 Å². The number of aromatic amines is 2. The standard InChI is InChI=1S/C10H11N5O3/c1-2-6-3-9(14-13-6)12-10(16)8-4-7(5-11-8)15(17)18/h3-5,11H,2H2,1H3,(H2,12,13,14,16). The maximum Gasteiger partial charge on any atom is 0.287 e. The Kier molecular flexibility index (Phi) is 3.09. The molecule has 0 saturated heterocycles. The van der Waals surface area contributed by atoms with Gasteiger partial charge in [-0.3, -0.25) is 20.0 Å². The second kappa shape index (κ2) is 4.70. The van der Waals surface area contributed by atoms with Crippen LogP contribution in [-0.4, -0.2) is 26.0 Å². The summed E-state index contributed by atoms with van der Waals surface area (Å²) >= 11 is 0. The Balaban J connectivity index is 2.09. The first kappa shape index (κ1) is 11.8. The van der Waals surface area contributed by atoms with Crippen LogP contribution in [0.25, 0.3) is 0 Å². The van der Waals surface area contributed by atoms with Gasteiger partial charge < -0.3 is 10.3 Å². The zero-order chi connectivity index (χ0) is 13.1. The van der Waals surface area contributed by atoms with Crippen LogP contribution in [0.2, 0.25) is 0 Å². The number of hydrogen-bond acceptors (Lipinski definition) is 4. The van der Waals surface area contributed by atoms with E-state index in [0.717, 1.165) is 18.3 Å². The van der Waals surface area contributed by atoms with E-state index < -0.39 is 10.8 Å². The van der Waals surface area contributed by atoms with Gasteiger partial charge in [0.15, 0.2) is 5.82 Å². The molecule has 0 saturated carbocycles. The fraction of sp³-hybridized carbons (Fsp3) is 0.200. The number of nitrogens with one attached hydrogen (secondary N) is 3. The number of aryl methyl sites for hydroxylation is 1. The van der Waals surface area contributed by atoms with Crippen molar-refractivity contribution in [1.82, 2.24) is 15.2 Å². The van der Waals surface area contributed by atoms with Crippen molar-refractivity contribution in [3.8, 4) is 0 Å². The summed E-state index contributed by atoms with van der Waals surface area (Å²) in [6, 6.07) is 2.87. The molecule has 2 rings (SSSR count). The molecule has 0 aliphatic rings. The summed E-state index contributed by atoms with van der Waals surface area (Å²) in [5, 5.41) is 19.6. The smallest absolute Gasteiger partial charge is 0.287 e. The van der Waals surface area contributed by atoms with E-state index in [-0.39, 0.29) is 11.4 Å². The van der Waals surface area contributed by atoms with Crippen LogP contribution in [-0.2, 0) is 6.42 Å². The van der Waals surface area contributed by atoms with E-state index in [1.807, 2.05) is 6.92 Å². The zero-order valence-electron chi connectivity index (χ0n) is 9.56. The van der Waals surface area contributed by atoms with Gasteiger partial charge in [-0.2, -0.15) is 5.10 Å². The predicted molar refractivity (Wildman–Crippen MR) is 63.4 cm³/mol. The number of carbonyl (C=O) groups excluding carboxylic acids is 1. The first-order valence-corrected chi connectivity index (χ1v) is 5.28. The number of hydrogen-bond donors (Lipinski definition) is 3. The van der Waals surface area contributed by atoms with Crippen LogP contribution in [0.4, 0.5) is 11.5 Å². The molecule has 94 valence electrons. The number of H-pyrrole nitrogens is 2. The highest BCUT2D eigenvalue weighted by Crippen LogP contribution is 2.14. The average Bonchev–Trinajstić information content (AvgIpc) is 2.97. The van der Waals surface area contributed by atoms with Gasteiger partial charge in [-0.1, -0.05) is 6.92 Å². The van der Waals surface area contributed by atoms with Gasteiger partial charge in [0, 0.05) is 17.8 Å². The molecule has 3 N–H and O–H groups in total. The minimum Gasteiger partial charge on any atom is -0.351 e. The molecule has 0 aliphatic heterocycles.